The Morgan fingerprint density at radius 1 is 0.556 bits per heavy atom. The highest BCUT2D eigenvalue weighted by molar-refractivity contribution is 5.74. The number of hydrogen-bond donors (Lipinski definition) is 0. The Hall–Kier alpha value is -6.12. The molecular formula is C52H50N2. The van der Waals surface area contributed by atoms with Gasteiger partial charge in [-0.05, 0) is 126 Å². The van der Waals surface area contributed by atoms with Crippen LogP contribution in [0.3, 0.4) is 0 Å². The Balaban J connectivity index is 1.05. The number of anilines is 4. The van der Waals surface area contributed by atoms with Crippen LogP contribution in [0.5, 0.6) is 0 Å². The van der Waals surface area contributed by atoms with Gasteiger partial charge in [-0.3, -0.25) is 0 Å². The Morgan fingerprint density at radius 3 is 1.74 bits per heavy atom. The Kier molecular flexibility index (Phi) is 11.2. The first kappa shape index (κ1) is 36.2. The van der Waals surface area contributed by atoms with E-state index in [0.717, 1.165) is 25.1 Å². The molecule has 0 saturated heterocycles. The third-order valence-corrected chi connectivity index (χ3v) is 10.1. The number of aryl methyl sites for hydroxylation is 2. The minimum absolute atomic E-state index is 0.182. The summed E-state index contributed by atoms with van der Waals surface area (Å²) in [4.78, 5) is 4.81. The van der Waals surface area contributed by atoms with Crippen LogP contribution in [0.2, 0.25) is 0 Å². The SMILES string of the molecule is Cc1cccc(N(CCc2ccc(-c3ccc(N(C4=CCC(C)(C)C=C4)c4cccc(C)c4)cc3)cc2)c2ccc(/C=C\C=C/c3ccccc3)cc2)c1. The predicted molar refractivity (Wildman–Crippen MR) is 234 cm³/mol. The first-order valence-corrected chi connectivity index (χ1v) is 19.1. The maximum Gasteiger partial charge on any atom is 0.0464 e. The molecule has 0 N–H and O–H groups in total. The molecule has 6 aromatic carbocycles. The molecule has 2 nitrogen and oxygen atoms in total. The van der Waals surface area contributed by atoms with Crippen LogP contribution in [-0.2, 0) is 6.42 Å². The van der Waals surface area contributed by atoms with Crippen LogP contribution in [0.15, 0.2) is 188 Å². The van der Waals surface area contributed by atoms with E-state index in [1.807, 2.05) is 6.07 Å². The van der Waals surface area contributed by atoms with Crippen LogP contribution in [0.4, 0.5) is 22.7 Å². The lowest BCUT2D eigenvalue weighted by Crippen LogP contribution is -2.20. The van der Waals surface area contributed by atoms with Gasteiger partial charge in [-0.2, -0.15) is 0 Å². The highest BCUT2D eigenvalue weighted by Gasteiger charge is 2.21. The number of allylic oxidation sites excluding steroid dienone is 5. The minimum atomic E-state index is 0.182. The monoisotopic (exact) mass is 702 g/mol. The third-order valence-electron chi connectivity index (χ3n) is 10.1. The Morgan fingerprint density at radius 2 is 1.13 bits per heavy atom. The smallest absolute Gasteiger partial charge is 0.0464 e. The van der Waals surface area contributed by atoms with Crippen molar-refractivity contribution >= 4 is 34.9 Å². The standard InChI is InChI=1S/C52H50N2/c1-40-12-10-18-50(38-40)53(47-28-22-43(23-29-47)17-9-8-16-42-14-6-5-7-15-42)37-34-44-20-24-45(25-21-44)46-26-30-48(31-27-46)54(51-19-11-13-41(2)39-51)49-32-35-52(3,4)36-33-49/h5-33,35,38-39H,34,36-37H2,1-4H3/b16-8-,17-9-. The first-order chi connectivity index (χ1) is 26.3. The molecule has 0 heterocycles. The summed E-state index contributed by atoms with van der Waals surface area (Å²) in [5.41, 5.74) is 14.8. The molecule has 1 aliphatic rings. The third kappa shape index (κ3) is 9.26. The molecule has 0 radical (unpaired) electrons. The van der Waals surface area contributed by atoms with E-state index in [9.17, 15) is 0 Å². The van der Waals surface area contributed by atoms with Crippen LogP contribution in [-0.4, -0.2) is 6.54 Å². The molecule has 2 heteroatoms. The van der Waals surface area contributed by atoms with E-state index in [4.69, 9.17) is 0 Å². The molecule has 0 spiro atoms. The van der Waals surface area contributed by atoms with E-state index < -0.39 is 0 Å². The molecule has 0 saturated carbocycles. The topological polar surface area (TPSA) is 6.48 Å². The van der Waals surface area contributed by atoms with Gasteiger partial charge in [0.05, 0.1) is 0 Å². The lowest BCUT2D eigenvalue weighted by atomic mass is 9.85. The quantitative estimate of drug-likeness (QED) is 0.117. The summed E-state index contributed by atoms with van der Waals surface area (Å²) < 4.78 is 0. The maximum absolute atomic E-state index is 2.43. The number of hydrogen-bond acceptors (Lipinski definition) is 2. The molecule has 0 fully saturated rings. The molecule has 6 aromatic rings. The molecule has 0 aliphatic heterocycles. The highest BCUT2D eigenvalue weighted by atomic mass is 15.1. The zero-order valence-electron chi connectivity index (χ0n) is 32.0. The van der Waals surface area contributed by atoms with Gasteiger partial charge in [0.1, 0.15) is 0 Å². The van der Waals surface area contributed by atoms with Gasteiger partial charge in [-0.25, -0.2) is 0 Å². The first-order valence-electron chi connectivity index (χ1n) is 19.1. The van der Waals surface area contributed by atoms with Crippen LogP contribution in [0.25, 0.3) is 23.3 Å². The fourth-order valence-corrected chi connectivity index (χ4v) is 6.97. The second-order valence-electron chi connectivity index (χ2n) is 15.0. The van der Waals surface area contributed by atoms with Crippen molar-refractivity contribution in [2.45, 2.75) is 40.5 Å². The summed E-state index contributed by atoms with van der Waals surface area (Å²) in [7, 11) is 0. The molecular weight excluding hydrogens is 653 g/mol. The van der Waals surface area contributed by atoms with Crippen molar-refractivity contribution < 1.29 is 0 Å². The van der Waals surface area contributed by atoms with Crippen LogP contribution in [0, 0.1) is 19.3 Å². The zero-order chi connectivity index (χ0) is 37.3. The van der Waals surface area contributed by atoms with Crippen molar-refractivity contribution in [3.63, 3.8) is 0 Å². The zero-order valence-corrected chi connectivity index (χ0v) is 32.0. The van der Waals surface area contributed by atoms with Crippen LogP contribution < -0.4 is 9.80 Å². The summed E-state index contributed by atoms with van der Waals surface area (Å²) >= 11 is 0. The molecule has 0 aromatic heterocycles. The van der Waals surface area contributed by atoms with Gasteiger partial charge in [-0.1, -0.05) is 153 Å². The van der Waals surface area contributed by atoms with Gasteiger partial charge >= 0.3 is 0 Å². The fraction of sp³-hybridized carbons (Fsp3) is 0.154. The largest absolute Gasteiger partial charge is 0.341 e. The second kappa shape index (κ2) is 16.7. The molecule has 0 bridgehead atoms. The van der Waals surface area contributed by atoms with Crippen molar-refractivity contribution in [1.29, 1.82) is 0 Å². The van der Waals surface area contributed by atoms with E-state index in [2.05, 4.69) is 226 Å². The minimum Gasteiger partial charge on any atom is -0.341 e. The molecule has 1 aliphatic carbocycles. The number of rotatable bonds is 12. The summed E-state index contributed by atoms with van der Waals surface area (Å²) in [5, 5.41) is 0. The van der Waals surface area contributed by atoms with E-state index in [1.54, 1.807) is 0 Å². The fourth-order valence-electron chi connectivity index (χ4n) is 6.97. The number of benzene rings is 6. The van der Waals surface area contributed by atoms with Crippen LogP contribution in [0.1, 0.15) is 48.1 Å². The van der Waals surface area contributed by atoms with E-state index in [0.29, 0.717) is 0 Å². The van der Waals surface area contributed by atoms with Crippen molar-refractivity contribution in [2.24, 2.45) is 5.41 Å². The van der Waals surface area contributed by atoms with E-state index in [1.165, 1.54) is 61.7 Å². The molecule has 0 unspecified atom stereocenters. The molecule has 0 amide bonds. The Labute approximate surface area is 322 Å². The maximum atomic E-state index is 2.43. The van der Waals surface area contributed by atoms with Gasteiger partial charge in [0.2, 0.25) is 0 Å². The van der Waals surface area contributed by atoms with Gasteiger partial charge in [0, 0.05) is 35.0 Å². The van der Waals surface area contributed by atoms with Gasteiger partial charge in [0.15, 0.2) is 0 Å². The highest BCUT2D eigenvalue weighted by Crippen LogP contribution is 2.37. The van der Waals surface area contributed by atoms with Crippen molar-refractivity contribution in [3.05, 3.63) is 216 Å². The molecule has 268 valence electrons. The molecule has 7 rings (SSSR count). The van der Waals surface area contributed by atoms with E-state index >= 15 is 0 Å². The predicted octanol–water partition coefficient (Wildman–Crippen LogP) is 14.1. The average Bonchev–Trinajstić information content (AvgIpc) is 3.19. The van der Waals surface area contributed by atoms with Crippen molar-refractivity contribution in [1.82, 2.24) is 0 Å². The average molecular weight is 703 g/mol. The lowest BCUT2D eigenvalue weighted by Gasteiger charge is -2.31. The lowest BCUT2D eigenvalue weighted by molar-refractivity contribution is 0.481. The summed E-state index contributed by atoms with van der Waals surface area (Å²) in [6, 6.07) is 54.9. The Bertz CT molecular complexity index is 2270. The van der Waals surface area contributed by atoms with Crippen molar-refractivity contribution in [2.75, 3.05) is 16.3 Å². The summed E-state index contributed by atoms with van der Waals surface area (Å²) in [6.45, 7) is 9.78. The van der Waals surface area contributed by atoms with Crippen molar-refractivity contribution in [3.8, 4) is 11.1 Å². The number of nitrogens with zero attached hydrogens (tertiary/aromatic N) is 2. The second-order valence-corrected chi connectivity index (χ2v) is 15.0. The normalized spacial score (nSPS) is 13.7. The van der Waals surface area contributed by atoms with Gasteiger partial charge < -0.3 is 9.80 Å². The van der Waals surface area contributed by atoms with E-state index in [-0.39, 0.29) is 5.41 Å². The molecule has 0 atom stereocenters. The van der Waals surface area contributed by atoms with Gasteiger partial charge in [0.25, 0.3) is 0 Å². The van der Waals surface area contributed by atoms with Gasteiger partial charge in [-0.15, -0.1) is 0 Å². The summed E-state index contributed by atoms with van der Waals surface area (Å²) in [5.74, 6) is 0. The van der Waals surface area contributed by atoms with Crippen LogP contribution >= 0.6 is 0 Å². The molecule has 54 heavy (non-hydrogen) atoms. The summed E-state index contributed by atoms with van der Waals surface area (Å²) in [6.07, 6.45) is 17.4.